The second-order valence-corrected chi connectivity index (χ2v) is 3.93. The van der Waals surface area contributed by atoms with Crippen LogP contribution >= 0.6 is 0 Å². The third kappa shape index (κ3) is 3.66. The molecule has 0 saturated carbocycles. The minimum absolute atomic E-state index is 0.0646. The van der Waals surface area contributed by atoms with Crippen LogP contribution in [0.1, 0.15) is 25.3 Å². The minimum atomic E-state index is -0.386. The van der Waals surface area contributed by atoms with E-state index in [1.807, 2.05) is 18.2 Å². The van der Waals surface area contributed by atoms with E-state index in [4.69, 9.17) is 4.74 Å². The van der Waals surface area contributed by atoms with Gasteiger partial charge in [0.1, 0.15) is 6.10 Å². The molecule has 1 aromatic rings. The number of ether oxygens (including phenoxy) is 1. The van der Waals surface area contributed by atoms with Gasteiger partial charge in [0.25, 0.3) is 0 Å². The molecular weight excluding hydrogens is 202 g/mol. The van der Waals surface area contributed by atoms with E-state index in [2.05, 4.69) is 24.4 Å². The van der Waals surface area contributed by atoms with Crippen LogP contribution in [0.4, 0.5) is 0 Å². The number of nitrogens with one attached hydrogen (secondary N) is 1. The maximum Gasteiger partial charge on any atom is 0.248 e. The number of carbonyl (C=O) groups excluding carboxylic acids is 1. The molecule has 0 spiro atoms. The van der Waals surface area contributed by atoms with Crippen molar-refractivity contribution in [2.45, 2.75) is 25.9 Å². The van der Waals surface area contributed by atoms with Crippen LogP contribution in [0, 0.1) is 0 Å². The molecule has 1 aromatic carbocycles. The quantitative estimate of drug-likeness (QED) is 0.825. The summed E-state index contributed by atoms with van der Waals surface area (Å²) in [5.41, 5.74) is 1.23. The SMILES string of the molecule is CO[C@H](C)C(=O)NC[C@H](C)c1ccccc1. The maximum absolute atomic E-state index is 11.5. The van der Waals surface area contributed by atoms with E-state index < -0.39 is 0 Å². The van der Waals surface area contributed by atoms with Gasteiger partial charge in [0.15, 0.2) is 0 Å². The van der Waals surface area contributed by atoms with Gasteiger partial charge in [0.2, 0.25) is 5.91 Å². The van der Waals surface area contributed by atoms with Crippen LogP contribution in [-0.2, 0) is 9.53 Å². The summed E-state index contributed by atoms with van der Waals surface area (Å²) < 4.78 is 4.94. The van der Waals surface area contributed by atoms with Crippen molar-refractivity contribution in [3.63, 3.8) is 0 Å². The summed E-state index contributed by atoms with van der Waals surface area (Å²) in [6.07, 6.45) is -0.386. The molecule has 3 nitrogen and oxygen atoms in total. The molecule has 0 radical (unpaired) electrons. The lowest BCUT2D eigenvalue weighted by Crippen LogP contribution is -2.35. The van der Waals surface area contributed by atoms with E-state index in [9.17, 15) is 4.79 Å². The monoisotopic (exact) mass is 221 g/mol. The van der Waals surface area contributed by atoms with Crippen LogP contribution in [0.5, 0.6) is 0 Å². The molecule has 0 bridgehead atoms. The predicted molar refractivity (Wildman–Crippen MR) is 64.3 cm³/mol. The number of rotatable bonds is 5. The maximum atomic E-state index is 11.5. The van der Waals surface area contributed by atoms with Crippen molar-refractivity contribution in [1.29, 1.82) is 0 Å². The Bertz CT molecular complexity index is 324. The molecule has 1 N–H and O–H groups in total. The molecule has 0 saturated heterocycles. The van der Waals surface area contributed by atoms with Crippen molar-refractivity contribution in [2.75, 3.05) is 13.7 Å². The van der Waals surface area contributed by atoms with Gasteiger partial charge in [-0.3, -0.25) is 4.79 Å². The van der Waals surface area contributed by atoms with Gasteiger partial charge in [0.05, 0.1) is 0 Å². The zero-order valence-electron chi connectivity index (χ0n) is 10.1. The summed E-state index contributed by atoms with van der Waals surface area (Å²) >= 11 is 0. The highest BCUT2D eigenvalue weighted by molar-refractivity contribution is 5.80. The number of carbonyl (C=O) groups is 1. The lowest BCUT2D eigenvalue weighted by Gasteiger charge is -2.15. The van der Waals surface area contributed by atoms with E-state index in [1.54, 1.807) is 6.92 Å². The summed E-state index contributed by atoms with van der Waals surface area (Å²) in [6, 6.07) is 10.1. The molecule has 0 aliphatic carbocycles. The van der Waals surface area contributed by atoms with Crippen molar-refractivity contribution >= 4 is 5.91 Å². The predicted octanol–water partition coefficient (Wildman–Crippen LogP) is 1.94. The minimum Gasteiger partial charge on any atom is -0.372 e. The van der Waals surface area contributed by atoms with Crippen LogP contribution in [0.2, 0.25) is 0 Å². The fraction of sp³-hybridized carbons (Fsp3) is 0.462. The Labute approximate surface area is 96.8 Å². The van der Waals surface area contributed by atoms with Gasteiger partial charge in [-0.25, -0.2) is 0 Å². The summed E-state index contributed by atoms with van der Waals surface area (Å²) in [7, 11) is 1.53. The first-order chi connectivity index (χ1) is 7.65. The number of methoxy groups -OCH3 is 1. The fourth-order valence-electron chi connectivity index (χ4n) is 1.40. The topological polar surface area (TPSA) is 38.3 Å². The molecule has 88 valence electrons. The highest BCUT2D eigenvalue weighted by Gasteiger charge is 2.12. The third-order valence-corrected chi connectivity index (χ3v) is 2.67. The zero-order chi connectivity index (χ0) is 12.0. The van der Waals surface area contributed by atoms with Crippen molar-refractivity contribution < 1.29 is 9.53 Å². The Kier molecular flexibility index (Phi) is 4.99. The Morgan fingerprint density at radius 3 is 2.50 bits per heavy atom. The summed E-state index contributed by atoms with van der Waals surface area (Å²) in [5.74, 6) is 0.250. The molecule has 1 rings (SSSR count). The number of hydrogen-bond acceptors (Lipinski definition) is 2. The van der Waals surface area contributed by atoms with Crippen molar-refractivity contribution in [3.8, 4) is 0 Å². The first-order valence-corrected chi connectivity index (χ1v) is 5.50. The van der Waals surface area contributed by atoms with Gasteiger partial charge in [-0.1, -0.05) is 37.3 Å². The second-order valence-electron chi connectivity index (χ2n) is 3.93. The smallest absolute Gasteiger partial charge is 0.248 e. The fourth-order valence-corrected chi connectivity index (χ4v) is 1.40. The molecule has 0 aliphatic heterocycles. The zero-order valence-corrected chi connectivity index (χ0v) is 10.1. The molecule has 0 aliphatic rings. The molecule has 16 heavy (non-hydrogen) atoms. The molecule has 0 unspecified atom stereocenters. The van der Waals surface area contributed by atoms with Gasteiger partial charge in [-0.15, -0.1) is 0 Å². The molecule has 2 atom stereocenters. The van der Waals surface area contributed by atoms with Crippen LogP contribution in [0.15, 0.2) is 30.3 Å². The first-order valence-electron chi connectivity index (χ1n) is 5.50. The Hall–Kier alpha value is -1.35. The Morgan fingerprint density at radius 2 is 1.94 bits per heavy atom. The number of amides is 1. The highest BCUT2D eigenvalue weighted by atomic mass is 16.5. The van der Waals surface area contributed by atoms with E-state index in [-0.39, 0.29) is 12.0 Å². The number of hydrogen-bond donors (Lipinski definition) is 1. The van der Waals surface area contributed by atoms with Gasteiger partial charge < -0.3 is 10.1 Å². The molecule has 0 aromatic heterocycles. The van der Waals surface area contributed by atoms with Crippen LogP contribution in [0.3, 0.4) is 0 Å². The van der Waals surface area contributed by atoms with E-state index in [1.165, 1.54) is 12.7 Å². The molecule has 3 heteroatoms. The average molecular weight is 221 g/mol. The highest BCUT2D eigenvalue weighted by Crippen LogP contribution is 2.12. The summed E-state index contributed by atoms with van der Waals surface area (Å²) in [4.78, 5) is 11.5. The standard InChI is InChI=1S/C13H19NO2/c1-10(12-7-5-4-6-8-12)9-14-13(15)11(2)16-3/h4-8,10-11H,9H2,1-3H3,(H,14,15)/t10-,11+/m0/s1. The van der Waals surface area contributed by atoms with Gasteiger partial charge in [0, 0.05) is 13.7 Å². The lowest BCUT2D eigenvalue weighted by atomic mass is 10.0. The molecule has 1 amide bonds. The van der Waals surface area contributed by atoms with Crippen molar-refractivity contribution in [1.82, 2.24) is 5.32 Å². The van der Waals surface area contributed by atoms with E-state index in [0.29, 0.717) is 12.5 Å². The Morgan fingerprint density at radius 1 is 1.31 bits per heavy atom. The number of benzene rings is 1. The van der Waals surface area contributed by atoms with Gasteiger partial charge in [-0.05, 0) is 18.4 Å². The van der Waals surface area contributed by atoms with Crippen LogP contribution in [-0.4, -0.2) is 25.7 Å². The third-order valence-electron chi connectivity index (χ3n) is 2.67. The van der Waals surface area contributed by atoms with Crippen LogP contribution in [0.25, 0.3) is 0 Å². The largest absolute Gasteiger partial charge is 0.372 e. The average Bonchev–Trinajstić information content (AvgIpc) is 2.35. The Balaban J connectivity index is 2.42. The second kappa shape index (κ2) is 6.28. The normalized spacial score (nSPS) is 14.2. The summed E-state index contributed by atoms with van der Waals surface area (Å²) in [6.45, 7) is 4.46. The van der Waals surface area contributed by atoms with E-state index >= 15 is 0 Å². The molecular formula is C13H19NO2. The lowest BCUT2D eigenvalue weighted by molar-refractivity contribution is -0.130. The van der Waals surface area contributed by atoms with E-state index in [0.717, 1.165) is 0 Å². The van der Waals surface area contributed by atoms with Crippen LogP contribution < -0.4 is 5.32 Å². The summed E-state index contributed by atoms with van der Waals surface area (Å²) in [5, 5.41) is 2.87. The van der Waals surface area contributed by atoms with Crippen molar-refractivity contribution in [2.24, 2.45) is 0 Å². The van der Waals surface area contributed by atoms with Crippen molar-refractivity contribution in [3.05, 3.63) is 35.9 Å². The molecule has 0 heterocycles. The van der Waals surface area contributed by atoms with Gasteiger partial charge in [-0.2, -0.15) is 0 Å². The molecule has 0 fully saturated rings. The van der Waals surface area contributed by atoms with Gasteiger partial charge >= 0.3 is 0 Å². The first kappa shape index (κ1) is 12.7.